The molecule has 0 aliphatic heterocycles. The van der Waals surface area contributed by atoms with Crippen molar-refractivity contribution < 1.29 is 19.2 Å². The van der Waals surface area contributed by atoms with Crippen LogP contribution >= 0.6 is 22.7 Å². The van der Waals surface area contributed by atoms with Gasteiger partial charge in [-0.15, -0.1) is 22.7 Å². The number of nitrogens with zero attached hydrogens (tertiary/aromatic N) is 1. The third kappa shape index (κ3) is 5.86. The van der Waals surface area contributed by atoms with Crippen LogP contribution in [0.1, 0.15) is 75.0 Å². The average molecular weight is 500 g/mol. The Morgan fingerprint density at radius 1 is 0.706 bits per heavy atom. The largest absolute Gasteiger partial charge is 0.288 e. The van der Waals surface area contributed by atoms with Crippen LogP contribution < -0.4 is 21.7 Å². The highest BCUT2D eigenvalue weighted by molar-refractivity contribution is 7.14. The maximum atomic E-state index is 12.4. The summed E-state index contributed by atoms with van der Waals surface area (Å²) in [5.41, 5.74) is 11.2. The molecule has 0 saturated carbocycles. The van der Waals surface area contributed by atoms with Gasteiger partial charge in [-0.2, -0.15) is 0 Å². The summed E-state index contributed by atoms with van der Waals surface area (Å²) in [7, 11) is 0. The van der Waals surface area contributed by atoms with E-state index < -0.39 is 23.6 Å². The number of aryl methyl sites for hydroxylation is 4. The number of nitrogens with one attached hydrogen (secondary N) is 4. The Balaban J connectivity index is 1.57. The fraction of sp³-hybridized carbons (Fsp3) is 0.261. The predicted octanol–water partition coefficient (Wildman–Crippen LogP) is 3.10. The molecule has 0 aromatic carbocycles. The molecule has 0 saturated heterocycles. The molecule has 0 fully saturated rings. The van der Waals surface area contributed by atoms with E-state index in [1.54, 1.807) is 12.1 Å². The minimum Gasteiger partial charge on any atom is -0.266 e. The van der Waals surface area contributed by atoms with Gasteiger partial charge >= 0.3 is 0 Å². The van der Waals surface area contributed by atoms with Gasteiger partial charge in [0.05, 0.1) is 9.75 Å². The van der Waals surface area contributed by atoms with Crippen LogP contribution in [0, 0.1) is 13.8 Å². The molecule has 0 bridgehead atoms. The maximum Gasteiger partial charge on any atom is 0.288 e. The Labute approximate surface area is 204 Å². The average Bonchev–Trinajstić information content (AvgIpc) is 3.42. The number of hydrogen-bond acceptors (Lipinski definition) is 7. The summed E-state index contributed by atoms with van der Waals surface area (Å²) >= 11 is 2.73. The van der Waals surface area contributed by atoms with Gasteiger partial charge in [-0.05, 0) is 62.1 Å². The number of amides is 4. The van der Waals surface area contributed by atoms with E-state index >= 15 is 0 Å². The topological polar surface area (TPSA) is 129 Å². The second kappa shape index (κ2) is 11.0. The molecular formula is C23H25N5O4S2. The lowest BCUT2D eigenvalue weighted by Crippen LogP contribution is -2.43. The summed E-state index contributed by atoms with van der Waals surface area (Å²) < 4.78 is 0. The number of carbonyl (C=O) groups is 4. The van der Waals surface area contributed by atoms with Gasteiger partial charge in [0.1, 0.15) is 11.4 Å². The fourth-order valence-corrected chi connectivity index (χ4v) is 5.15. The fourth-order valence-electron chi connectivity index (χ4n) is 3.13. The van der Waals surface area contributed by atoms with Crippen molar-refractivity contribution in [1.82, 2.24) is 26.7 Å². The van der Waals surface area contributed by atoms with Crippen molar-refractivity contribution in [1.29, 1.82) is 0 Å². The van der Waals surface area contributed by atoms with Gasteiger partial charge in [-0.3, -0.25) is 40.9 Å². The highest BCUT2D eigenvalue weighted by Crippen LogP contribution is 2.22. The molecule has 3 heterocycles. The van der Waals surface area contributed by atoms with Crippen molar-refractivity contribution in [3.05, 3.63) is 72.4 Å². The molecular weight excluding hydrogens is 474 g/mol. The summed E-state index contributed by atoms with van der Waals surface area (Å²) in [5.74, 6) is -2.24. The van der Waals surface area contributed by atoms with E-state index in [-0.39, 0.29) is 11.4 Å². The summed E-state index contributed by atoms with van der Waals surface area (Å²) in [4.78, 5) is 56.6. The molecule has 0 spiro atoms. The van der Waals surface area contributed by atoms with E-state index in [2.05, 4.69) is 26.7 Å². The maximum absolute atomic E-state index is 12.4. The molecule has 34 heavy (non-hydrogen) atoms. The Morgan fingerprint density at radius 2 is 1.09 bits per heavy atom. The molecule has 178 valence electrons. The van der Waals surface area contributed by atoms with Crippen molar-refractivity contribution in [3.8, 4) is 0 Å². The number of aromatic nitrogens is 1. The second-order valence-electron chi connectivity index (χ2n) is 7.37. The smallest absolute Gasteiger partial charge is 0.266 e. The molecule has 9 nitrogen and oxygen atoms in total. The van der Waals surface area contributed by atoms with Crippen LogP contribution in [0.2, 0.25) is 0 Å². The zero-order valence-corrected chi connectivity index (χ0v) is 20.8. The monoisotopic (exact) mass is 499 g/mol. The molecule has 3 aromatic heterocycles. The van der Waals surface area contributed by atoms with Gasteiger partial charge in [0.15, 0.2) is 0 Å². The Kier molecular flexibility index (Phi) is 8.13. The summed E-state index contributed by atoms with van der Waals surface area (Å²) in [6, 6.07) is 7.82. The first-order valence-electron chi connectivity index (χ1n) is 10.6. The summed E-state index contributed by atoms with van der Waals surface area (Å²) in [5, 5.41) is 0. The third-order valence-corrected chi connectivity index (χ3v) is 7.68. The quantitative estimate of drug-likeness (QED) is 0.387. The number of rotatable bonds is 6. The van der Waals surface area contributed by atoms with Crippen molar-refractivity contribution in [2.45, 2.75) is 40.5 Å². The molecule has 4 amide bonds. The van der Waals surface area contributed by atoms with Gasteiger partial charge < -0.3 is 0 Å². The molecule has 0 unspecified atom stereocenters. The van der Waals surface area contributed by atoms with Crippen molar-refractivity contribution in [2.75, 3.05) is 0 Å². The van der Waals surface area contributed by atoms with Gasteiger partial charge in [-0.1, -0.05) is 19.9 Å². The van der Waals surface area contributed by atoms with E-state index in [0.717, 1.165) is 33.7 Å². The van der Waals surface area contributed by atoms with Crippen LogP contribution in [-0.2, 0) is 12.8 Å². The predicted molar refractivity (Wildman–Crippen MR) is 131 cm³/mol. The van der Waals surface area contributed by atoms with Crippen LogP contribution in [0.15, 0.2) is 30.3 Å². The first-order chi connectivity index (χ1) is 16.2. The van der Waals surface area contributed by atoms with Crippen molar-refractivity contribution in [3.63, 3.8) is 0 Å². The molecule has 0 aliphatic carbocycles. The summed E-state index contributed by atoms with van der Waals surface area (Å²) in [6.45, 7) is 7.87. The highest BCUT2D eigenvalue weighted by atomic mass is 32.1. The van der Waals surface area contributed by atoms with Gasteiger partial charge in [0.2, 0.25) is 0 Å². The minimum absolute atomic E-state index is 0.0719. The SMILES string of the molecule is CCc1sc(C(=O)NNC(=O)c2cccc(C(=O)NNC(=O)c3cc(C)c(CC)s3)n2)cc1C. The third-order valence-electron chi connectivity index (χ3n) is 4.92. The summed E-state index contributed by atoms with van der Waals surface area (Å²) in [6.07, 6.45) is 1.64. The second-order valence-corrected chi connectivity index (χ2v) is 9.64. The number of carbonyl (C=O) groups excluding carboxylic acids is 4. The standard InChI is InChI=1S/C23H25N5O4S2/c1-5-16-12(3)10-18(33-16)22(31)27-25-20(29)14-8-7-9-15(24-14)21(30)26-28-23(32)19-11-13(4)17(6-2)34-19/h7-11H,5-6H2,1-4H3,(H,25,29)(H,26,30)(H,27,31)(H,28,32). The van der Waals surface area contributed by atoms with E-state index in [9.17, 15) is 19.2 Å². The lowest BCUT2D eigenvalue weighted by molar-refractivity contribution is 0.0839. The van der Waals surface area contributed by atoms with Crippen LogP contribution in [-0.4, -0.2) is 28.6 Å². The molecule has 0 aliphatic rings. The van der Waals surface area contributed by atoms with Crippen LogP contribution in [0.5, 0.6) is 0 Å². The molecule has 0 atom stereocenters. The molecule has 4 N–H and O–H groups in total. The first-order valence-corrected chi connectivity index (χ1v) is 12.2. The van der Waals surface area contributed by atoms with E-state index in [0.29, 0.717) is 9.75 Å². The van der Waals surface area contributed by atoms with E-state index in [4.69, 9.17) is 0 Å². The zero-order valence-electron chi connectivity index (χ0n) is 19.2. The van der Waals surface area contributed by atoms with Crippen LogP contribution in [0.25, 0.3) is 0 Å². The Hall–Kier alpha value is -3.57. The Morgan fingerprint density at radius 3 is 1.44 bits per heavy atom. The van der Waals surface area contributed by atoms with Gasteiger partial charge in [0.25, 0.3) is 23.6 Å². The van der Waals surface area contributed by atoms with Gasteiger partial charge in [-0.25, -0.2) is 4.98 Å². The Bertz CT molecular complexity index is 1160. The molecule has 0 radical (unpaired) electrons. The minimum atomic E-state index is -0.683. The van der Waals surface area contributed by atoms with Crippen molar-refractivity contribution in [2.24, 2.45) is 0 Å². The van der Waals surface area contributed by atoms with Crippen molar-refractivity contribution >= 4 is 46.3 Å². The lowest BCUT2D eigenvalue weighted by atomic mass is 10.2. The normalized spacial score (nSPS) is 10.5. The van der Waals surface area contributed by atoms with Gasteiger partial charge in [0, 0.05) is 9.75 Å². The van der Waals surface area contributed by atoms with Crippen LogP contribution in [0.4, 0.5) is 0 Å². The van der Waals surface area contributed by atoms with Crippen LogP contribution in [0.3, 0.4) is 0 Å². The molecule has 3 rings (SSSR count). The zero-order chi connectivity index (χ0) is 24.8. The van der Waals surface area contributed by atoms with E-state index in [1.165, 1.54) is 40.9 Å². The first kappa shape index (κ1) is 25.1. The number of hydrazine groups is 2. The number of pyridine rings is 1. The molecule has 3 aromatic rings. The van der Waals surface area contributed by atoms with E-state index in [1.807, 2.05) is 27.7 Å². The number of thiophene rings is 2. The number of hydrogen-bond donors (Lipinski definition) is 4. The highest BCUT2D eigenvalue weighted by Gasteiger charge is 2.17. The lowest BCUT2D eigenvalue weighted by Gasteiger charge is -2.08. The molecule has 11 heteroatoms.